The summed E-state index contributed by atoms with van der Waals surface area (Å²) in [6.45, 7) is 3.91. The van der Waals surface area contributed by atoms with Crippen LogP contribution in [0.4, 0.5) is 4.79 Å². The highest BCUT2D eigenvalue weighted by Gasteiger charge is 2.33. The average molecular weight is 355 g/mol. The Hall–Kier alpha value is -2.41. The smallest absolute Gasteiger partial charge is 0.337 e. The highest BCUT2D eigenvalue weighted by atomic mass is 35.5. The molecule has 0 spiro atoms. The minimum atomic E-state index is -0.761. The summed E-state index contributed by atoms with van der Waals surface area (Å²) in [5, 5.41) is 5.57. The minimum Gasteiger partial charge on any atom is -0.493 e. The Labute approximate surface area is 144 Å². The number of nitrogens with one attached hydrogen (secondary N) is 2. The minimum absolute atomic E-state index is 0.269. The van der Waals surface area contributed by atoms with Crippen molar-refractivity contribution in [1.82, 2.24) is 10.6 Å². The van der Waals surface area contributed by atoms with Gasteiger partial charge in [0.2, 0.25) is 0 Å². The molecule has 0 bridgehead atoms. The number of esters is 1. The summed E-state index contributed by atoms with van der Waals surface area (Å²) < 4.78 is 15.6. The van der Waals surface area contributed by atoms with Crippen LogP contribution in [-0.4, -0.2) is 32.8 Å². The number of amides is 2. The summed E-state index contributed by atoms with van der Waals surface area (Å²) in [5.74, 6) is 0.370. The predicted molar refractivity (Wildman–Crippen MR) is 88.3 cm³/mol. The van der Waals surface area contributed by atoms with E-state index in [1.165, 1.54) is 14.2 Å². The predicted octanol–water partition coefficient (Wildman–Crippen LogP) is 2.55. The molecule has 2 N–H and O–H groups in total. The Morgan fingerprint density at radius 2 is 2.00 bits per heavy atom. The summed E-state index contributed by atoms with van der Waals surface area (Å²) in [6, 6.07) is 2.04. The first-order valence-corrected chi connectivity index (χ1v) is 7.67. The molecule has 0 fully saturated rings. The largest absolute Gasteiger partial charge is 0.493 e. The number of hydrogen-bond acceptors (Lipinski definition) is 5. The summed E-state index contributed by atoms with van der Waals surface area (Å²) in [7, 11) is 2.77. The van der Waals surface area contributed by atoms with Crippen molar-refractivity contribution in [1.29, 1.82) is 0 Å². The molecule has 2 rings (SSSR count). The Kier molecular flexibility index (Phi) is 5.56. The van der Waals surface area contributed by atoms with E-state index in [-0.39, 0.29) is 5.57 Å². The SMILES string of the molecule is CCOc1cc(Cl)c(C2NC(=O)NC(C)=C2C(=O)OC)cc1OC. The number of methoxy groups -OCH3 is 2. The van der Waals surface area contributed by atoms with E-state index in [9.17, 15) is 9.59 Å². The first-order valence-electron chi connectivity index (χ1n) is 7.29. The molecule has 24 heavy (non-hydrogen) atoms. The lowest BCUT2D eigenvalue weighted by atomic mass is 9.95. The zero-order valence-corrected chi connectivity index (χ0v) is 14.6. The van der Waals surface area contributed by atoms with Crippen LogP contribution >= 0.6 is 11.6 Å². The maximum absolute atomic E-state index is 12.1. The molecule has 8 heteroatoms. The molecular weight excluding hydrogens is 336 g/mol. The third-order valence-electron chi connectivity index (χ3n) is 3.57. The third kappa shape index (κ3) is 3.41. The molecule has 1 heterocycles. The van der Waals surface area contributed by atoms with E-state index in [1.807, 2.05) is 6.92 Å². The van der Waals surface area contributed by atoms with E-state index in [4.69, 9.17) is 25.8 Å². The number of rotatable bonds is 5. The quantitative estimate of drug-likeness (QED) is 0.794. The average Bonchev–Trinajstić information content (AvgIpc) is 2.54. The van der Waals surface area contributed by atoms with Crippen LogP contribution in [0.2, 0.25) is 5.02 Å². The number of carbonyl (C=O) groups excluding carboxylic acids is 2. The fourth-order valence-electron chi connectivity index (χ4n) is 2.51. The van der Waals surface area contributed by atoms with Crippen molar-refractivity contribution in [3.63, 3.8) is 0 Å². The monoisotopic (exact) mass is 354 g/mol. The van der Waals surface area contributed by atoms with Gasteiger partial charge in [0.25, 0.3) is 0 Å². The van der Waals surface area contributed by atoms with Crippen molar-refractivity contribution in [3.05, 3.63) is 34.0 Å². The van der Waals surface area contributed by atoms with Gasteiger partial charge in [-0.1, -0.05) is 11.6 Å². The van der Waals surface area contributed by atoms with Gasteiger partial charge in [-0.25, -0.2) is 9.59 Å². The van der Waals surface area contributed by atoms with E-state index in [0.29, 0.717) is 34.4 Å². The van der Waals surface area contributed by atoms with Gasteiger partial charge in [0, 0.05) is 17.3 Å². The van der Waals surface area contributed by atoms with Crippen LogP contribution in [0, 0.1) is 0 Å². The van der Waals surface area contributed by atoms with Crippen molar-refractivity contribution in [3.8, 4) is 11.5 Å². The van der Waals surface area contributed by atoms with Crippen molar-refractivity contribution >= 4 is 23.6 Å². The van der Waals surface area contributed by atoms with Crippen LogP contribution < -0.4 is 20.1 Å². The third-order valence-corrected chi connectivity index (χ3v) is 3.90. The molecule has 0 saturated carbocycles. The molecule has 0 saturated heterocycles. The fourth-order valence-corrected chi connectivity index (χ4v) is 2.77. The molecule has 130 valence electrons. The van der Waals surface area contributed by atoms with Gasteiger partial charge in [0.1, 0.15) is 0 Å². The Morgan fingerprint density at radius 3 is 2.58 bits per heavy atom. The number of hydrogen-bond donors (Lipinski definition) is 2. The first kappa shape index (κ1) is 17.9. The number of allylic oxidation sites excluding steroid dienone is 1. The maximum atomic E-state index is 12.1. The number of urea groups is 1. The Bertz CT molecular complexity index is 702. The van der Waals surface area contributed by atoms with Crippen LogP contribution in [0.15, 0.2) is 23.4 Å². The van der Waals surface area contributed by atoms with E-state index in [2.05, 4.69) is 10.6 Å². The lowest BCUT2D eigenvalue weighted by Gasteiger charge is -2.28. The molecule has 1 aromatic rings. The van der Waals surface area contributed by atoms with Crippen LogP contribution in [-0.2, 0) is 9.53 Å². The van der Waals surface area contributed by atoms with Gasteiger partial charge in [0.05, 0.1) is 37.5 Å². The van der Waals surface area contributed by atoms with Crippen molar-refractivity contribution in [2.75, 3.05) is 20.8 Å². The van der Waals surface area contributed by atoms with E-state index < -0.39 is 18.0 Å². The highest BCUT2D eigenvalue weighted by molar-refractivity contribution is 6.31. The zero-order chi connectivity index (χ0) is 17.9. The lowest BCUT2D eigenvalue weighted by Crippen LogP contribution is -2.45. The molecule has 1 unspecified atom stereocenters. The van der Waals surface area contributed by atoms with Gasteiger partial charge >= 0.3 is 12.0 Å². The van der Waals surface area contributed by atoms with Gasteiger partial charge in [-0.05, 0) is 19.9 Å². The van der Waals surface area contributed by atoms with Crippen LogP contribution in [0.3, 0.4) is 0 Å². The second-order valence-electron chi connectivity index (χ2n) is 5.02. The molecule has 7 nitrogen and oxygen atoms in total. The number of halogens is 1. The Balaban J connectivity index is 2.57. The van der Waals surface area contributed by atoms with Gasteiger partial charge in [-0.3, -0.25) is 0 Å². The van der Waals surface area contributed by atoms with Crippen LogP contribution in [0.1, 0.15) is 25.5 Å². The first-order chi connectivity index (χ1) is 11.4. The van der Waals surface area contributed by atoms with Crippen LogP contribution in [0.25, 0.3) is 0 Å². The zero-order valence-electron chi connectivity index (χ0n) is 13.9. The molecule has 1 aromatic carbocycles. The van der Waals surface area contributed by atoms with E-state index >= 15 is 0 Å². The fraction of sp³-hybridized carbons (Fsp3) is 0.375. The van der Waals surface area contributed by atoms with Crippen LogP contribution in [0.5, 0.6) is 11.5 Å². The summed E-state index contributed by atoms with van der Waals surface area (Å²) in [4.78, 5) is 24.0. The molecule has 0 aromatic heterocycles. The van der Waals surface area contributed by atoms with Gasteiger partial charge < -0.3 is 24.8 Å². The molecule has 1 aliphatic heterocycles. The second-order valence-corrected chi connectivity index (χ2v) is 5.43. The molecule has 1 atom stereocenters. The summed E-state index contributed by atoms with van der Waals surface area (Å²) in [5.41, 5.74) is 1.18. The van der Waals surface area contributed by atoms with Crippen molar-refractivity contribution in [2.24, 2.45) is 0 Å². The molecular formula is C16H19ClN2O5. The van der Waals surface area contributed by atoms with Gasteiger partial charge in [-0.2, -0.15) is 0 Å². The number of carbonyl (C=O) groups is 2. The normalized spacial score (nSPS) is 17.0. The standard InChI is InChI=1S/C16H19ClN2O5/c1-5-24-12-7-10(17)9(6-11(12)22-3)14-13(15(20)23-4)8(2)18-16(21)19-14/h6-7,14H,5H2,1-4H3,(H2,18,19,21). The summed E-state index contributed by atoms with van der Waals surface area (Å²) in [6.07, 6.45) is 0. The van der Waals surface area contributed by atoms with Gasteiger partial charge in [-0.15, -0.1) is 0 Å². The number of ether oxygens (including phenoxy) is 3. The molecule has 0 radical (unpaired) electrons. The molecule has 2 amide bonds. The highest BCUT2D eigenvalue weighted by Crippen LogP contribution is 2.39. The maximum Gasteiger partial charge on any atom is 0.337 e. The summed E-state index contributed by atoms with van der Waals surface area (Å²) >= 11 is 6.35. The van der Waals surface area contributed by atoms with Crippen molar-refractivity contribution < 1.29 is 23.8 Å². The van der Waals surface area contributed by atoms with E-state index in [0.717, 1.165) is 0 Å². The molecule has 1 aliphatic rings. The molecule has 0 aliphatic carbocycles. The van der Waals surface area contributed by atoms with Gasteiger partial charge in [0.15, 0.2) is 11.5 Å². The second kappa shape index (κ2) is 7.44. The lowest BCUT2D eigenvalue weighted by molar-refractivity contribution is -0.136. The Morgan fingerprint density at radius 1 is 1.29 bits per heavy atom. The van der Waals surface area contributed by atoms with E-state index in [1.54, 1.807) is 19.1 Å². The topological polar surface area (TPSA) is 85.9 Å². The number of benzene rings is 1. The van der Waals surface area contributed by atoms with Crippen molar-refractivity contribution in [2.45, 2.75) is 19.9 Å².